The van der Waals surface area contributed by atoms with Crippen molar-refractivity contribution >= 4 is 21.6 Å². The average Bonchev–Trinajstić information content (AvgIpc) is 2.77. The monoisotopic (exact) mass is 442 g/mol. The highest BCUT2D eigenvalue weighted by molar-refractivity contribution is 7.89. The molecule has 2 aliphatic heterocycles. The molecule has 0 aromatic heterocycles. The van der Waals surface area contributed by atoms with E-state index in [2.05, 4.69) is 0 Å². The normalized spacial score (nSPS) is 17.9. The van der Waals surface area contributed by atoms with Crippen LogP contribution in [0.3, 0.4) is 0 Å². The lowest BCUT2D eigenvalue weighted by Gasteiger charge is -2.36. The van der Waals surface area contributed by atoms with Crippen molar-refractivity contribution in [2.24, 2.45) is 5.92 Å². The van der Waals surface area contributed by atoms with Crippen LogP contribution in [-0.2, 0) is 14.8 Å². The van der Waals surface area contributed by atoms with Crippen LogP contribution in [0.4, 0.5) is 5.69 Å². The van der Waals surface area contributed by atoms with Gasteiger partial charge in [0.05, 0.1) is 17.1 Å². The Balaban J connectivity index is 1.52. The van der Waals surface area contributed by atoms with E-state index in [0.717, 1.165) is 33.7 Å². The summed E-state index contributed by atoms with van der Waals surface area (Å²) in [6.45, 7) is 9.36. The fourth-order valence-corrected chi connectivity index (χ4v) is 6.70. The van der Waals surface area contributed by atoms with Gasteiger partial charge in [0, 0.05) is 19.0 Å². The van der Waals surface area contributed by atoms with E-state index in [-0.39, 0.29) is 11.8 Å². The number of sulfonamides is 1. The van der Waals surface area contributed by atoms with E-state index in [4.69, 9.17) is 4.74 Å². The lowest BCUT2D eigenvalue weighted by Crippen LogP contribution is -2.46. The molecule has 0 N–H and O–H groups in total. The number of amides is 1. The zero-order valence-electron chi connectivity index (χ0n) is 18.6. The van der Waals surface area contributed by atoms with Crippen LogP contribution in [-0.4, -0.2) is 44.9 Å². The first-order valence-electron chi connectivity index (χ1n) is 10.8. The van der Waals surface area contributed by atoms with E-state index < -0.39 is 10.0 Å². The van der Waals surface area contributed by atoms with Crippen LogP contribution in [0.25, 0.3) is 0 Å². The SMILES string of the molecule is Cc1cc(C)c(C)c(S(=O)(=O)N2CCC(C(=O)N3CCOc4ccccc43)CC2)c1C. The highest BCUT2D eigenvalue weighted by Crippen LogP contribution is 2.35. The molecule has 7 heteroatoms. The Morgan fingerprint density at radius 3 is 2.23 bits per heavy atom. The smallest absolute Gasteiger partial charge is 0.243 e. The molecule has 2 aliphatic rings. The summed E-state index contributed by atoms with van der Waals surface area (Å²) in [7, 11) is -3.60. The topological polar surface area (TPSA) is 66.9 Å². The molecule has 0 unspecified atom stereocenters. The van der Waals surface area contributed by atoms with Crippen molar-refractivity contribution in [2.45, 2.75) is 45.4 Å². The summed E-state index contributed by atoms with van der Waals surface area (Å²) in [5.74, 6) is 0.605. The lowest BCUT2D eigenvalue weighted by atomic mass is 9.96. The molecule has 2 aromatic rings. The third kappa shape index (κ3) is 3.85. The van der Waals surface area contributed by atoms with Gasteiger partial charge in [0.2, 0.25) is 15.9 Å². The number of anilines is 1. The molecule has 166 valence electrons. The minimum atomic E-state index is -3.60. The second-order valence-corrected chi connectivity index (χ2v) is 10.4. The summed E-state index contributed by atoms with van der Waals surface area (Å²) in [5, 5.41) is 0. The molecule has 1 amide bonds. The Bertz CT molecular complexity index is 1090. The largest absolute Gasteiger partial charge is 0.490 e. The Hall–Kier alpha value is -2.38. The molecule has 2 aromatic carbocycles. The number of fused-ring (bicyclic) bond motifs is 1. The fraction of sp³-hybridized carbons (Fsp3) is 0.458. The molecule has 1 saturated heterocycles. The number of hydrogen-bond acceptors (Lipinski definition) is 4. The zero-order valence-corrected chi connectivity index (χ0v) is 19.5. The Labute approximate surface area is 184 Å². The molecule has 31 heavy (non-hydrogen) atoms. The van der Waals surface area contributed by atoms with Gasteiger partial charge in [-0.2, -0.15) is 4.31 Å². The van der Waals surface area contributed by atoms with Gasteiger partial charge >= 0.3 is 0 Å². The van der Waals surface area contributed by atoms with E-state index in [1.165, 1.54) is 0 Å². The summed E-state index contributed by atoms with van der Waals surface area (Å²) < 4.78 is 34.2. The van der Waals surface area contributed by atoms with Gasteiger partial charge in [-0.25, -0.2) is 8.42 Å². The standard InChI is InChI=1S/C24H30N2O4S/c1-16-15-17(2)19(4)23(18(16)3)31(28,29)25-11-9-20(10-12-25)24(27)26-13-14-30-22-8-6-5-7-21(22)26/h5-8,15,20H,9-14H2,1-4H3. The number of hydrogen-bond donors (Lipinski definition) is 0. The molecule has 1 fully saturated rings. The first-order chi connectivity index (χ1) is 14.7. The average molecular weight is 443 g/mol. The third-order valence-electron chi connectivity index (χ3n) is 6.69. The number of rotatable bonds is 3. The highest BCUT2D eigenvalue weighted by Gasteiger charge is 2.36. The number of carbonyl (C=O) groups is 1. The molecule has 2 heterocycles. The number of piperidine rings is 1. The number of benzene rings is 2. The van der Waals surface area contributed by atoms with Crippen molar-refractivity contribution in [1.82, 2.24) is 4.31 Å². The van der Waals surface area contributed by atoms with Gasteiger partial charge in [-0.15, -0.1) is 0 Å². The lowest BCUT2D eigenvalue weighted by molar-refractivity contribution is -0.123. The second-order valence-electron chi connectivity index (χ2n) is 8.57. The van der Waals surface area contributed by atoms with Crippen molar-refractivity contribution in [3.05, 3.63) is 52.6 Å². The molecule has 0 aliphatic carbocycles. The van der Waals surface area contributed by atoms with E-state index in [1.54, 1.807) is 9.21 Å². The highest BCUT2D eigenvalue weighted by atomic mass is 32.2. The minimum absolute atomic E-state index is 0.0616. The van der Waals surface area contributed by atoms with Crippen LogP contribution in [0, 0.1) is 33.6 Å². The van der Waals surface area contributed by atoms with E-state index in [9.17, 15) is 13.2 Å². The van der Waals surface area contributed by atoms with Crippen LogP contribution in [0.1, 0.15) is 35.1 Å². The summed E-state index contributed by atoms with van der Waals surface area (Å²) >= 11 is 0. The van der Waals surface area contributed by atoms with Gasteiger partial charge in [-0.1, -0.05) is 18.2 Å². The molecular weight excluding hydrogens is 412 g/mol. The summed E-state index contributed by atoms with van der Waals surface area (Å²) in [4.78, 5) is 15.5. The molecule has 4 rings (SSSR count). The first-order valence-corrected chi connectivity index (χ1v) is 12.3. The van der Waals surface area contributed by atoms with Gasteiger partial charge in [-0.05, 0) is 74.9 Å². The first kappa shape index (κ1) is 21.8. The third-order valence-corrected chi connectivity index (χ3v) is 8.87. The van der Waals surface area contributed by atoms with Gasteiger partial charge in [-0.3, -0.25) is 4.79 Å². The molecule has 0 bridgehead atoms. The zero-order chi connectivity index (χ0) is 22.3. The molecule has 6 nitrogen and oxygen atoms in total. The number of ether oxygens (including phenoxy) is 1. The van der Waals surface area contributed by atoms with Gasteiger partial charge in [0.15, 0.2) is 0 Å². The number of carbonyl (C=O) groups excluding carboxylic acids is 1. The Morgan fingerprint density at radius 1 is 0.968 bits per heavy atom. The van der Waals surface area contributed by atoms with Crippen LogP contribution in [0.15, 0.2) is 35.2 Å². The fourth-order valence-electron chi connectivity index (χ4n) is 4.66. The van der Waals surface area contributed by atoms with Crippen LogP contribution < -0.4 is 9.64 Å². The number of nitrogens with zero attached hydrogens (tertiary/aromatic N) is 2. The van der Waals surface area contributed by atoms with E-state index in [0.29, 0.717) is 44.0 Å². The number of para-hydroxylation sites is 2. The van der Waals surface area contributed by atoms with Gasteiger partial charge < -0.3 is 9.64 Å². The number of aryl methyl sites for hydroxylation is 2. The molecule has 0 atom stereocenters. The maximum Gasteiger partial charge on any atom is 0.243 e. The molecular formula is C24H30N2O4S. The minimum Gasteiger partial charge on any atom is -0.490 e. The Morgan fingerprint density at radius 2 is 1.58 bits per heavy atom. The van der Waals surface area contributed by atoms with E-state index in [1.807, 2.05) is 58.0 Å². The molecule has 0 radical (unpaired) electrons. The van der Waals surface area contributed by atoms with Crippen LogP contribution >= 0.6 is 0 Å². The molecule has 0 saturated carbocycles. The maximum absolute atomic E-state index is 13.5. The van der Waals surface area contributed by atoms with Crippen LogP contribution in [0.5, 0.6) is 5.75 Å². The van der Waals surface area contributed by atoms with Crippen LogP contribution in [0.2, 0.25) is 0 Å². The second kappa shape index (κ2) is 8.28. The maximum atomic E-state index is 13.5. The predicted molar refractivity (Wildman–Crippen MR) is 121 cm³/mol. The summed E-state index contributed by atoms with van der Waals surface area (Å²) in [6, 6.07) is 9.61. The van der Waals surface area contributed by atoms with Gasteiger partial charge in [0.1, 0.15) is 12.4 Å². The van der Waals surface area contributed by atoms with Crippen molar-refractivity contribution in [1.29, 1.82) is 0 Å². The quantitative estimate of drug-likeness (QED) is 0.726. The Kier molecular flexibility index (Phi) is 5.83. The summed E-state index contributed by atoms with van der Waals surface area (Å²) in [5.41, 5.74) is 4.39. The van der Waals surface area contributed by atoms with E-state index >= 15 is 0 Å². The van der Waals surface area contributed by atoms with Gasteiger partial charge in [0.25, 0.3) is 0 Å². The van der Waals surface area contributed by atoms with Crippen molar-refractivity contribution in [2.75, 3.05) is 31.1 Å². The predicted octanol–water partition coefficient (Wildman–Crippen LogP) is 3.75. The van der Waals surface area contributed by atoms with Crippen molar-refractivity contribution in [3.63, 3.8) is 0 Å². The van der Waals surface area contributed by atoms with Crippen molar-refractivity contribution < 1.29 is 17.9 Å². The summed E-state index contributed by atoms with van der Waals surface area (Å²) in [6.07, 6.45) is 1.06. The van der Waals surface area contributed by atoms with Crippen molar-refractivity contribution in [3.8, 4) is 5.75 Å². The molecule has 0 spiro atoms.